The first-order valence-corrected chi connectivity index (χ1v) is 10.9. The van der Waals surface area contributed by atoms with Gasteiger partial charge in [-0.3, -0.25) is 9.69 Å². The van der Waals surface area contributed by atoms with Gasteiger partial charge in [-0.1, -0.05) is 31.4 Å². The molecule has 28 heavy (non-hydrogen) atoms. The van der Waals surface area contributed by atoms with Crippen LogP contribution in [0, 0.1) is 0 Å². The third-order valence-electron chi connectivity index (χ3n) is 5.98. The van der Waals surface area contributed by atoms with Crippen molar-refractivity contribution in [2.45, 2.75) is 64.3 Å². The van der Waals surface area contributed by atoms with E-state index in [9.17, 15) is 4.79 Å². The Morgan fingerprint density at radius 2 is 1.71 bits per heavy atom. The van der Waals surface area contributed by atoms with Crippen molar-refractivity contribution in [1.82, 2.24) is 4.90 Å². The number of benzene rings is 1. The van der Waals surface area contributed by atoms with Crippen molar-refractivity contribution in [3.05, 3.63) is 35.6 Å². The van der Waals surface area contributed by atoms with Gasteiger partial charge in [0.1, 0.15) is 0 Å². The van der Waals surface area contributed by atoms with Crippen LogP contribution in [0.25, 0.3) is 6.08 Å². The maximum Gasteiger partial charge on any atom is 0.300 e. The van der Waals surface area contributed by atoms with E-state index in [4.69, 9.17) is 9.73 Å². The lowest BCUT2D eigenvalue weighted by molar-refractivity contribution is -0.122. The third-order valence-corrected chi connectivity index (χ3v) is 5.98. The minimum Gasteiger partial charge on any atom is -0.420 e. The van der Waals surface area contributed by atoms with Crippen LogP contribution in [0.5, 0.6) is 0 Å². The summed E-state index contributed by atoms with van der Waals surface area (Å²) in [4.78, 5) is 21.6. The largest absolute Gasteiger partial charge is 0.420 e. The zero-order valence-corrected chi connectivity index (χ0v) is 16.9. The molecule has 0 aromatic heterocycles. The van der Waals surface area contributed by atoms with Crippen LogP contribution in [0.3, 0.4) is 0 Å². The maximum absolute atomic E-state index is 12.8. The molecule has 1 aromatic rings. The predicted molar refractivity (Wildman–Crippen MR) is 113 cm³/mol. The van der Waals surface area contributed by atoms with Crippen LogP contribution in [-0.4, -0.2) is 42.5 Å². The van der Waals surface area contributed by atoms with E-state index < -0.39 is 0 Å². The first-order valence-electron chi connectivity index (χ1n) is 10.9. The SMILES string of the molecule is CCN1C(=O)/C(=C\c2ccc(N3CCCCC3)cc2)OC1=NC1CCCCC1. The molecule has 1 saturated carbocycles. The molecule has 0 radical (unpaired) electrons. The molecule has 0 unspecified atom stereocenters. The number of piperidine rings is 1. The highest BCUT2D eigenvalue weighted by atomic mass is 16.5. The molecule has 0 N–H and O–H groups in total. The molecule has 3 aliphatic rings. The fourth-order valence-corrected chi connectivity index (χ4v) is 4.33. The summed E-state index contributed by atoms with van der Waals surface area (Å²) in [5.41, 5.74) is 2.24. The van der Waals surface area contributed by atoms with E-state index in [1.807, 2.05) is 13.0 Å². The summed E-state index contributed by atoms with van der Waals surface area (Å²) in [6.07, 6.45) is 11.6. The Balaban J connectivity index is 1.49. The van der Waals surface area contributed by atoms with Gasteiger partial charge in [-0.2, -0.15) is 0 Å². The highest BCUT2D eigenvalue weighted by Crippen LogP contribution is 2.26. The van der Waals surface area contributed by atoms with E-state index in [-0.39, 0.29) is 11.9 Å². The number of rotatable bonds is 4. The van der Waals surface area contributed by atoms with Crippen LogP contribution in [0.1, 0.15) is 63.9 Å². The van der Waals surface area contributed by atoms with Crippen LogP contribution < -0.4 is 4.90 Å². The minimum absolute atomic E-state index is 0.0860. The summed E-state index contributed by atoms with van der Waals surface area (Å²) < 4.78 is 5.91. The molecule has 5 nitrogen and oxygen atoms in total. The fourth-order valence-electron chi connectivity index (χ4n) is 4.33. The number of hydrogen-bond acceptors (Lipinski definition) is 4. The quantitative estimate of drug-likeness (QED) is 0.717. The molecular formula is C23H31N3O2. The van der Waals surface area contributed by atoms with Crippen LogP contribution in [0.2, 0.25) is 0 Å². The molecular weight excluding hydrogens is 350 g/mol. The molecule has 1 amide bonds. The van der Waals surface area contributed by atoms with Gasteiger partial charge in [-0.15, -0.1) is 0 Å². The number of aliphatic imine (C=N–C) groups is 1. The Kier molecular flexibility index (Phi) is 5.98. The topological polar surface area (TPSA) is 45.1 Å². The number of amidine groups is 1. The summed E-state index contributed by atoms with van der Waals surface area (Å²) in [6.45, 7) is 4.81. The van der Waals surface area contributed by atoms with E-state index >= 15 is 0 Å². The number of hydrogen-bond donors (Lipinski definition) is 0. The van der Waals surface area contributed by atoms with Crippen molar-refractivity contribution in [1.29, 1.82) is 0 Å². The monoisotopic (exact) mass is 381 g/mol. The Morgan fingerprint density at radius 1 is 1.04 bits per heavy atom. The lowest BCUT2D eigenvalue weighted by atomic mass is 9.96. The van der Waals surface area contributed by atoms with Gasteiger partial charge in [-0.25, -0.2) is 4.99 Å². The van der Waals surface area contributed by atoms with Crippen molar-refractivity contribution < 1.29 is 9.53 Å². The van der Waals surface area contributed by atoms with Crippen LogP contribution >= 0.6 is 0 Å². The molecule has 0 spiro atoms. The second-order valence-electron chi connectivity index (χ2n) is 8.00. The molecule has 1 aliphatic carbocycles. The van der Waals surface area contributed by atoms with Crippen molar-refractivity contribution in [3.63, 3.8) is 0 Å². The first kappa shape index (κ1) is 19.0. The van der Waals surface area contributed by atoms with Gasteiger partial charge in [0.15, 0.2) is 5.76 Å². The van der Waals surface area contributed by atoms with E-state index in [1.54, 1.807) is 4.90 Å². The van der Waals surface area contributed by atoms with Gasteiger partial charge in [-0.05, 0) is 62.8 Å². The van der Waals surface area contributed by atoms with Crippen molar-refractivity contribution in [3.8, 4) is 0 Å². The summed E-state index contributed by atoms with van der Waals surface area (Å²) in [5.74, 6) is 0.291. The van der Waals surface area contributed by atoms with Crippen molar-refractivity contribution in [2.75, 3.05) is 24.5 Å². The molecule has 5 heteroatoms. The number of likely N-dealkylation sites (N-methyl/N-ethyl adjacent to an activating group) is 1. The fraction of sp³-hybridized carbons (Fsp3) is 0.565. The van der Waals surface area contributed by atoms with Gasteiger partial charge >= 0.3 is 6.02 Å². The number of carbonyl (C=O) groups excluding carboxylic acids is 1. The normalized spacial score (nSPS) is 24.2. The molecule has 1 aromatic carbocycles. The van der Waals surface area contributed by atoms with Crippen LogP contribution in [0.4, 0.5) is 5.69 Å². The predicted octanol–water partition coefficient (Wildman–Crippen LogP) is 4.59. The first-order chi connectivity index (χ1) is 13.7. The molecule has 4 rings (SSSR count). The van der Waals surface area contributed by atoms with Crippen molar-refractivity contribution >= 4 is 23.7 Å². The molecule has 0 bridgehead atoms. The van der Waals surface area contributed by atoms with E-state index in [2.05, 4.69) is 29.2 Å². The van der Waals surface area contributed by atoms with Gasteiger partial charge in [0.2, 0.25) is 0 Å². The smallest absolute Gasteiger partial charge is 0.300 e. The van der Waals surface area contributed by atoms with E-state index in [0.29, 0.717) is 18.3 Å². The van der Waals surface area contributed by atoms with Gasteiger partial charge < -0.3 is 9.64 Å². The molecule has 150 valence electrons. The summed E-state index contributed by atoms with van der Waals surface area (Å²) in [5, 5.41) is 0. The third kappa shape index (κ3) is 4.23. The van der Waals surface area contributed by atoms with E-state index in [0.717, 1.165) is 31.5 Å². The van der Waals surface area contributed by atoms with Crippen molar-refractivity contribution in [2.24, 2.45) is 4.99 Å². The lowest BCUT2D eigenvalue weighted by Crippen LogP contribution is -2.30. The minimum atomic E-state index is -0.0860. The zero-order valence-electron chi connectivity index (χ0n) is 16.9. The van der Waals surface area contributed by atoms with Gasteiger partial charge in [0, 0.05) is 25.3 Å². The van der Waals surface area contributed by atoms with Crippen LogP contribution in [-0.2, 0) is 9.53 Å². The summed E-state index contributed by atoms with van der Waals surface area (Å²) in [7, 11) is 0. The highest BCUT2D eigenvalue weighted by molar-refractivity contribution is 6.11. The number of anilines is 1. The summed E-state index contributed by atoms with van der Waals surface area (Å²) in [6, 6.07) is 9.20. The van der Waals surface area contributed by atoms with Gasteiger partial charge in [0.25, 0.3) is 5.91 Å². The molecule has 3 fully saturated rings. The Hall–Kier alpha value is -2.30. The average molecular weight is 382 g/mol. The average Bonchev–Trinajstić information content (AvgIpc) is 3.04. The highest BCUT2D eigenvalue weighted by Gasteiger charge is 2.34. The standard InChI is InChI=1S/C23H31N3O2/c1-2-26-22(27)21(28-23(26)24-19-9-5-3-6-10-19)17-18-11-13-20(14-12-18)25-15-7-4-8-16-25/h11-14,17,19H,2-10,15-16H2,1H3/b21-17+,24-23?. The Bertz CT molecular complexity index is 742. The number of amides is 1. The molecule has 2 aliphatic heterocycles. The summed E-state index contributed by atoms with van der Waals surface area (Å²) >= 11 is 0. The van der Waals surface area contributed by atoms with Crippen LogP contribution in [0.15, 0.2) is 35.0 Å². The number of nitrogens with zero attached hydrogens (tertiary/aromatic N) is 3. The molecule has 0 atom stereocenters. The Labute approximate surface area is 168 Å². The molecule has 2 saturated heterocycles. The number of carbonyl (C=O) groups is 1. The lowest BCUT2D eigenvalue weighted by Gasteiger charge is -2.28. The van der Waals surface area contributed by atoms with Gasteiger partial charge in [0.05, 0.1) is 6.04 Å². The zero-order chi connectivity index (χ0) is 19.3. The second-order valence-corrected chi connectivity index (χ2v) is 8.00. The Morgan fingerprint density at radius 3 is 2.39 bits per heavy atom. The second kappa shape index (κ2) is 8.80. The maximum atomic E-state index is 12.8. The number of ether oxygens (including phenoxy) is 1. The van der Waals surface area contributed by atoms with E-state index in [1.165, 1.54) is 44.2 Å². The molecule has 2 heterocycles.